The van der Waals surface area contributed by atoms with Crippen LogP contribution in [0.5, 0.6) is 0 Å². The van der Waals surface area contributed by atoms with Gasteiger partial charge in [0.2, 0.25) is 0 Å². The molecule has 0 radical (unpaired) electrons. The van der Waals surface area contributed by atoms with Gasteiger partial charge in [-0.15, -0.1) is 0 Å². The van der Waals surface area contributed by atoms with E-state index in [1.807, 2.05) is 12.1 Å². The van der Waals surface area contributed by atoms with Crippen LogP contribution in [0.25, 0.3) is 5.65 Å². The van der Waals surface area contributed by atoms with Crippen molar-refractivity contribution in [1.29, 1.82) is 5.26 Å². The van der Waals surface area contributed by atoms with Gasteiger partial charge in [-0.3, -0.25) is 9.78 Å². The molecule has 0 saturated heterocycles. The van der Waals surface area contributed by atoms with Gasteiger partial charge in [0.05, 0.1) is 24.1 Å². The van der Waals surface area contributed by atoms with E-state index in [1.165, 1.54) is 18.6 Å². The minimum absolute atomic E-state index is 0.194. The first-order valence-electron chi connectivity index (χ1n) is 8.58. The van der Waals surface area contributed by atoms with Crippen LogP contribution in [-0.2, 0) is 6.54 Å². The normalized spacial score (nSPS) is 10.4. The molecule has 0 fully saturated rings. The third kappa shape index (κ3) is 3.93. The standard InChI is InChI=1S/C19H15N9O/c20-7-14-10-28-11-16(25-9-17(28)26-14)19(29)27-12-3-5-22-13(6-12)8-24-15-2-1-4-23-18(15)21/h1-6,9-11,24H,8H2,(H2,21,23)(H,22,27,29). The highest BCUT2D eigenvalue weighted by molar-refractivity contribution is 6.02. The number of amides is 1. The van der Waals surface area contributed by atoms with Crippen LogP contribution in [-0.4, -0.2) is 30.2 Å². The smallest absolute Gasteiger partial charge is 0.275 e. The molecule has 0 aliphatic rings. The second-order valence-corrected chi connectivity index (χ2v) is 6.06. The molecule has 4 heterocycles. The summed E-state index contributed by atoms with van der Waals surface area (Å²) in [7, 11) is 0. The van der Waals surface area contributed by atoms with Gasteiger partial charge in [-0.2, -0.15) is 5.26 Å². The van der Waals surface area contributed by atoms with E-state index in [2.05, 4.69) is 30.6 Å². The second-order valence-electron chi connectivity index (χ2n) is 6.06. The monoisotopic (exact) mass is 385 g/mol. The number of pyridine rings is 2. The average Bonchev–Trinajstić information content (AvgIpc) is 3.16. The molecule has 0 bridgehead atoms. The van der Waals surface area contributed by atoms with Gasteiger partial charge < -0.3 is 20.8 Å². The van der Waals surface area contributed by atoms with Gasteiger partial charge in [0.15, 0.2) is 11.3 Å². The number of nitriles is 1. The number of nitrogens with one attached hydrogen (secondary N) is 2. The lowest BCUT2D eigenvalue weighted by Crippen LogP contribution is -2.15. The van der Waals surface area contributed by atoms with Crippen molar-refractivity contribution < 1.29 is 4.79 Å². The minimum atomic E-state index is -0.388. The summed E-state index contributed by atoms with van der Waals surface area (Å²) in [5.41, 5.74) is 8.74. The van der Waals surface area contributed by atoms with Crippen LogP contribution in [0.3, 0.4) is 0 Å². The number of aromatic nitrogens is 5. The fourth-order valence-corrected chi connectivity index (χ4v) is 2.67. The van der Waals surface area contributed by atoms with Crippen LogP contribution < -0.4 is 16.4 Å². The Balaban J connectivity index is 1.46. The van der Waals surface area contributed by atoms with Crippen LogP contribution in [0, 0.1) is 11.3 Å². The van der Waals surface area contributed by atoms with Crippen molar-refractivity contribution in [3.8, 4) is 6.07 Å². The highest BCUT2D eigenvalue weighted by atomic mass is 16.1. The highest BCUT2D eigenvalue weighted by Gasteiger charge is 2.11. The minimum Gasteiger partial charge on any atom is -0.382 e. The molecule has 4 aromatic rings. The van der Waals surface area contributed by atoms with E-state index >= 15 is 0 Å². The molecule has 0 aliphatic carbocycles. The Kier molecular flexibility index (Phi) is 4.69. The Morgan fingerprint density at radius 3 is 2.93 bits per heavy atom. The molecule has 10 heteroatoms. The first-order valence-corrected chi connectivity index (χ1v) is 8.58. The van der Waals surface area contributed by atoms with E-state index in [4.69, 9.17) is 11.0 Å². The third-order valence-corrected chi connectivity index (χ3v) is 4.06. The number of imidazole rings is 1. The van der Waals surface area contributed by atoms with Gasteiger partial charge in [0.1, 0.15) is 17.6 Å². The number of carbonyl (C=O) groups is 1. The molecule has 10 nitrogen and oxygen atoms in total. The maximum Gasteiger partial charge on any atom is 0.275 e. The third-order valence-electron chi connectivity index (χ3n) is 4.06. The summed E-state index contributed by atoms with van der Waals surface area (Å²) in [5.74, 6) is 0.0122. The fourth-order valence-electron chi connectivity index (χ4n) is 2.67. The van der Waals surface area contributed by atoms with E-state index in [1.54, 1.807) is 35.0 Å². The van der Waals surface area contributed by atoms with Gasteiger partial charge in [-0.25, -0.2) is 15.0 Å². The Morgan fingerprint density at radius 1 is 1.21 bits per heavy atom. The molecular formula is C19H15N9O. The van der Waals surface area contributed by atoms with Gasteiger partial charge in [0, 0.05) is 30.5 Å². The van der Waals surface area contributed by atoms with E-state index in [9.17, 15) is 4.79 Å². The largest absolute Gasteiger partial charge is 0.382 e. The van der Waals surface area contributed by atoms with E-state index in [0.717, 1.165) is 0 Å². The van der Waals surface area contributed by atoms with Crippen molar-refractivity contribution >= 4 is 28.7 Å². The molecule has 4 rings (SSSR count). The van der Waals surface area contributed by atoms with Gasteiger partial charge in [-0.05, 0) is 24.3 Å². The van der Waals surface area contributed by atoms with Crippen molar-refractivity contribution in [3.05, 3.63) is 72.3 Å². The summed E-state index contributed by atoms with van der Waals surface area (Å²) in [6.07, 6.45) is 7.72. The molecule has 4 aromatic heterocycles. The summed E-state index contributed by atoms with van der Waals surface area (Å²) < 4.78 is 1.58. The quantitative estimate of drug-likeness (QED) is 0.471. The Labute approximate surface area is 165 Å². The van der Waals surface area contributed by atoms with E-state index in [0.29, 0.717) is 35.1 Å². The summed E-state index contributed by atoms with van der Waals surface area (Å²) >= 11 is 0. The maximum absolute atomic E-state index is 12.5. The summed E-state index contributed by atoms with van der Waals surface area (Å²) in [6, 6.07) is 9.00. The molecule has 0 spiro atoms. The number of hydrogen-bond acceptors (Lipinski definition) is 8. The van der Waals surface area contributed by atoms with Crippen molar-refractivity contribution in [2.24, 2.45) is 0 Å². The number of carbonyl (C=O) groups excluding carboxylic acids is 1. The first-order chi connectivity index (χ1) is 14.1. The number of nitrogen functional groups attached to an aromatic ring is 1. The summed E-state index contributed by atoms with van der Waals surface area (Å²) in [6.45, 7) is 0.412. The molecule has 29 heavy (non-hydrogen) atoms. The number of anilines is 3. The zero-order chi connectivity index (χ0) is 20.2. The predicted molar refractivity (Wildman–Crippen MR) is 106 cm³/mol. The molecule has 142 valence electrons. The number of fused-ring (bicyclic) bond motifs is 1. The molecule has 1 amide bonds. The van der Waals surface area contributed by atoms with Crippen molar-refractivity contribution in [2.75, 3.05) is 16.4 Å². The van der Waals surface area contributed by atoms with Gasteiger partial charge in [-0.1, -0.05) is 0 Å². The Morgan fingerprint density at radius 2 is 2.10 bits per heavy atom. The molecule has 4 N–H and O–H groups in total. The number of nitrogens with two attached hydrogens (primary N) is 1. The summed E-state index contributed by atoms with van der Waals surface area (Å²) in [5, 5.41) is 14.9. The van der Waals surface area contributed by atoms with Crippen molar-refractivity contribution in [2.45, 2.75) is 6.54 Å². The van der Waals surface area contributed by atoms with Crippen LogP contribution in [0.4, 0.5) is 17.2 Å². The molecule has 0 unspecified atom stereocenters. The molecular weight excluding hydrogens is 370 g/mol. The lowest BCUT2D eigenvalue weighted by Gasteiger charge is -2.09. The van der Waals surface area contributed by atoms with Crippen LogP contribution in [0.15, 0.2) is 55.2 Å². The SMILES string of the molecule is N#Cc1cn2cc(C(=O)Nc3ccnc(CNc4cccnc4N)c3)ncc2n1. The molecule has 0 atom stereocenters. The number of rotatable bonds is 5. The highest BCUT2D eigenvalue weighted by Crippen LogP contribution is 2.16. The zero-order valence-corrected chi connectivity index (χ0v) is 15.1. The first kappa shape index (κ1) is 17.9. The van der Waals surface area contributed by atoms with Crippen molar-refractivity contribution in [1.82, 2.24) is 24.3 Å². The Bertz CT molecular complexity index is 1240. The van der Waals surface area contributed by atoms with E-state index < -0.39 is 0 Å². The fraction of sp³-hybridized carbons (Fsp3) is 0.0526. The lowest BCUT2D eigenvalue weighted by molar-refractivity contribution is 0.102. The predicted octanol–water partition coefficient (Wildman–Crippen LogP) is 1.84. The van der Waals surface area contributed by atoms with Crippen LogP contribution in [0.2, 0.25) is 0 Å². The van der Waals surface area contributed by atoms with Crippen LogP contribution in [0.1, 0.15) is 21.9 Å². The van der Waals surface area contributed by atoms with E-state index in [-0.39, 0.29) is 17.3 Å². The number of hydrogen-bond donors (Lipinski definition) is 3. The molecule has 0 saturated carbocycles. The lowest BCUT2D eigenvalue weighted by atomic mass is 10.3. The Hall–Kier alpha value is -4.52. The van der Waals surface area contributed by atoms with Gasteiger partial charge in [0.25, 0.3) is 5.91 Å². The zero-order valence-electron chi connectivity index (χ0n) is 15.1. The summed E-state index contributed by atoms with van der Waals surface area (Å²) in [4.78, 5) is 29.0. The molecule has 0 aromatic carbocycles. The molecule has 0 aliphatic heterocycles. The van der Waals surface area contributed by atoms with Crippen LogP contribution >= 0.6 is 0 Å². The van der Waals surface area contributed by atoms with Gasteiger partial charge >= 0.3 is 0 Å². The average molecular weight is 385 g/mol. The second kappa shape index (κ2) is 7.61. The topological polar surface area (TPSA) is 147 Å². The van der Waals surface area contributed by atoms with Crippen molar-refractivity contribution in [3.63, 3.8) is 0 Å². The maximum atomic E-state index is 12.5. The number of nitrogens with zero attached hydrogens (tertiary/aromatic N) is 6.